The molecule has 0 aliphatic carbocycles. The first-order chi connectivity index (χ1) is 14.6. The minimum Gasteiger partial charge on any atom is -0.480 e. The van der Waals surface area contributed by atoms with Crippen molar-refractivity contribution in [2.45, 2.75) is 63.6 Å². The normalized spacial score (nSPS) is 13.3. The quantitative estimate of drug-likeness (QED) is 0.0723. The number of nitrogens with two attached hydrogens (primary N) is 1. The van der Waals surface area contributed by atoms with Crippen molar-refractivity contribution >= 4 is 42.7 Å². The highest BCUT2D eigenvalue weighted by molar-refractivity contribution is 7.80. The van der Waals surface area contributed by atoms with Gasteiger partial charge in [-0.15, -0.1) is 0 Å². The lowest BCUT2D eigenvalue weighted by Crippen LogP contribution is -2.49. The molecule has 0 fully saturated rings. The standard InChI is InChI=1S/C10H17N3O6S.C9H16O2/c11-5(10(18)19)1-2-7(14)13-6(4-20)9(17)12-3-8(15)16;1-2-3-4-6-9(11)7-5-8-10/h5-6,20H,1-4,11H2,(H,12,17)(H,13,14)(H,15,16)(H,18,19);5,7-9,11H,2-4,6H2,1H3/t5-,6-;/m0./s1. The minimum absolute atomic E-state index is 0.0256. The van der Waals surface area contributed by atoms with Crippen molar-refractivity contribution in [1.82, 2.24) is 10.6 Å². The van der Waals surface area contributed by atoms with Gasteiger partial charge in [-0.3, -0.25) is 24.0 Å². The Morgan fingerprint density at radius 3 is 2.26 bits per heavy atom. The molecular weight excluding hydrogens is 430 g/mol. The molecule has 178 valence electrons. The topological polar surface area (TPSA) is 196 Å². The fourth-order valence-electron chi connectivity index (χ4n) is 2.03. The number of hydrogen-bond donors (Lipinski definition) is 7. The molecule has 3 atom stereocenters. The molecule has 0 aromatic carbocycles. The van der Waals surface area contributed by atoms with E-state index in [0.717, 1.165) is 25.7 Å². The summed E-state index contributed by atoms with van der Waals surface area (Å²) in [7, 11) is 0. The Balaban J connectivity index is 0. The van der Waals surface area contributed by atoms with Crippen LogP contribution in [0.5, 0.6) is 0 Å². The number of rotatable bonds is 15. The molecule has 0 bridgehead atoms. The Labute approximate surface area is 186 Å². The number of unbranched alkanes of at least 4 members (excludes halogenated alkanes) is 2. The second-order valence-electron chi connectivity index (χ2n) is 6.48. The van der Waals surface area contributed by atoms with Crippen LogP contribution in [0.1, 0.15) is 45.4 Å². The molecule has 12 heteroatoms. The van der Waals surface area contributed by atoms with Crippen LogP contribution in [-0.2, 0) is 24.0 Å². The number of allylic oxidation sites excluding steroid dienone is 1. The van der Waals surface area contributed by atoms with Gasteiger partial charge in [-0.05, 0) is 18.9 Å². The van der Waals surface area contributed by atoms with Crippen LogP contribution in [0.4, 0.5) is 0 Å². The predicted octanol–water partition coefficient (Wildman–Crippen LogP) is -0.523. The van der Waals surface area contributed by atoms with Gasteiger partial charge in [0.05, 0.1) is 6.10 Å². The van der Waals surface area contributed by atoms with E-state index in [2.05, 4.69) is 30.2 Å². The molecule has 0 radical (unpaired) electrons. The number of carbonyl (C=O) groups is 5. The Hall–Kier alpha value is -2.44. The first-order valence-electron chi connectivity index (χ1n) is 9.77. The van der Waals surface area contributed by atoms with E-state index in [1.54, 1.807) is 0 Å². The molecule has 0 spiro atoms. The number of aldehydes is 1. The molecule has 0 saturated carbocycles. The second-order valence-corrected chi connectivity index (χ2v) is 6.85. The summed E-state index contributed by atoms with van der Waals surface area (Å²) in [4.78, 5) is 53.6. The van der Waals surface area contributed by atoms with Gasteiger partial charge in [-0.25, -0.2) is 0 Å². The van der Waals surface area contributed by atoms with Crippen LogP contribution >= 0.6 is 12.6 Å². The molecule has 0 aromatic heterocycles. The van der Waals surface area contributed by atoms with Gasteiger partial charge in [0.25, 0.3) is 0 Å². The summed E-state index contributed by atoms with van der Waals surface area (Å²) in [6, 6.07) is -2.15. The lowest BCUT2D eigenvalue weighted by Gasteiger charge is -2.16. The van der Waals surface area contributed by atoms with Crippen molar-refractivity contribution in [1.29, 1.82) is 0 Å². The van der Waals surface area contributed by atoms with Crippen molar-refractivity contribution < 1.29 is 39.3 Å². The third-order valence-electron chi connectivity index (χ3n) is 3.76. The maximum absolute atomic E-state index is 11.5. The van der Waals surface area contributed by atoms with Crippen LogP contribution in [0, 0.1) is 0 Å². The summed E-state index contributed by atoms with van der Waals surface area (Å²) in [6.45, 7) is 1.55. The van der Waals surface area contributed by atoms with Gasteiger partial charge >= 0.3 is 11.9 Å². The zero-order valence-corrected chi connectivity index (χ0v) is 18.4. The van der Waals surface area contributed by atoms with Crippen molar-refractivity contribution in [3.8, 4) is 0 Å². The number of amides is 2. The van der Waals surface area contributed by atoms with Crippen LogP contribution in [0.3, 0.4) is 0 Å². The second kappa shape index (κ2) is 19.5. The molecular formula is C19H33N3O8S. The van der Waals surface area contributed by atoms with E-state index in [1.807, 2.05) is 0 Å². The van der Waals surface area contributed by atoms with Gasteiger partial charge < -0.3 is 31.7 Å². The van der Waals surface area contributed by atoms with Gasteiger partial charge in [-0.1, -0.05) is 32.3 Å². The zero-order valence-electron chi connectivity index (χ0n) is 17.5. The first kappa shape index (κ1) is 30.8. The average molecular weight is 464 g/mol. The fraction of sp³-hybridized carbons (Fsp3) is 0.632. The summed E-state index contributed by atoms with van der Waals surface area (Å²) in [5.41, 5.74) is 5.23. The number of thiol groups is 1. The predicted molar refractivity (Wildman–Crippen MR) is 117 cm³/mol. The Morgan fingerprint density at radius 2 is 1.77 bits per heavy atom. The third kappa shape index (κ3) is 19.3. The fourth-order valence-corrected chi connectivity index (χ4v) is 2.29. The summed E-state index contributed by atoms with van der Waals surface area (Å²) < 4.78 is 0. The van der Waals surface area contributed by atoms with Crippen molar-refractivity contribution in [3.05, 3.63) is 12.2 Å². The smallest absolute Gasteiger partial charge is 0.322 e. The minimum atomic E-state index is -1.22. The van der Waals surface area contributed by atoms with E-state index in [9.17, 15) is 24.0 Å². The van der Waals surface area contributed by atoms with Crippen LogP contribution in [-0.4, -0.2) is 75.8 Å². The van der Waals surface area contributed by atoms with E-state index in [1.165, 1.54) is 12.2 Å². The van der Waals surface area contributed by atoms with Gasteiger partial charge in [-0.2, -0.15) is 12.6 Å². The van der Waals surface area contributed by atoms with E-state index in [-0.39, 0.29) is 18.6 Å². The van der Waals surface area contributed by atoms with E-state index in [0.29, 0.717) is 6.29 Å². The van der Waals surface area contributed by atoms with Crippen LogP contribution in [0.2, 0.25) is 0 Å². The molecule has 0 saturated heterocycles. The summed E-state index contributed by atoms with van der Waals surface area (Å²) in [6.07, 6.45) is 6.98. The van der Waals surface area contributed by atoms with Crippen LogP contribution in [0.15, 0.2) is 12.2 Å². The molecule has 11 nitrogen and oxygen atoms in total. The Bertz CT molecular complexity index is 601. The van der Waals surface area contributed by atoms with Crippen LogP contribution in [0.25, 0.3) is 0 Å². The highest BCUT2D eigenvalue weighted by Gasteiger charge is 2.20. The number of carboxylic acids is 2. The van der Waals surface area contributed by atoms with E-state index >= 15 is 0 Å². The highest BCUT2D eigenvalue weighted by Crippen LogP contribution is 2.03. The van der Waals surface area contributed by atoms with Crippen molar-refractivity contribution in [2.75, 3.05) is 12.3 Å². The van der Waals surface area contributed by atoms with Gasteiger partial charge in [0.2, 0.25) is 11.8 Å². The van der Waals surface area contributed by atoms with Gasteiger partial charge in [0.1, 0.15) is 24.9 Å². The monoisotopic (exact) mass is 463 g/mol. The number of nitrogens with one attached hydrogen (secondary N) is 2. The summed E-state index contributed by atoms with van der Waals surface area (Å²) in [5, 5.41) is 30.5. The summed E-state index contributed by atoms with van der Waals surface area (Å²) in [5.74, 6) is -3.70. The van der Waals surface area contributed by atoms with E-state index < -0.39 is 48.5 Å². The van der Waals surface area contributed by atoms with Crippen LogP contribution < -0.4 is 16.4 Å². The molecule has 2 amide bonds. The lowest BCUT2D eigenvalue weighted by atomic mass is 10.1. The number of carboxylic acid groups (broad SMARTS) is 2. The number of hydrogen-bond acceptors (Lipinski definition) is 8. The third-order valence-corrected chi connectivity index (χ3v) is 4.13. The van der Waals surface area contributed by atoms with E-state index in [4.69, 9.17) is 21.1 Å². The number of aliphatic hydroxyl groups is 1. The van der Waals surface area contributed by atoms with Crippen molar-refractivity contribution in [3.63, 3.8) is 0 Å². The molecule has 0 heterocycles. The molecule has 31 heavy (non-hydrogen) atoms. The van der Waals surface area contributed by atoms with Crippen molar-refractivity contribution in [2.24, 2.45) is 5.73 Å². The Morgan fingerprint density at radius 1 is 1.13 bits per heavy atom. The number of carbonyl (C=O) groups excluding carboxylic acids is 3. The number of aliphatic hydroxyl groups excluding tert-OH is 1. The Kier molecular flexibility index (Phi) is 19.4. The maximum atomic E-state index is 11.5. The first-order valence-corrected chi connectivity index (χ1v) is 10.4. The lowest BCUT2D eigenvalue weighted by molar-refractivity contribution is -0.139. The van der Waals surface area contributed by atoms with Gasteiger partial charge in [0, 0.05) is 12.2 Å². The number of aliphatic carboxylic acids is 2. The molecule has 0 aromatic rings. The summed E-state index contributed by atoms with van der Waals surface area (Å²) >= 11 is 3.87. The molecule has 0 aliphatic rings. The highest BCUT2D eigenvalue weighted by atomic mass is 32.1. The molecule has 1 unspecified atom stereocenters. The molecule has 7 N–H and O–H groups in total. The largest absolute Gasteiger partial charge is 0.480 e. The molecule has 0 rings (SSSR count). The molecule has 0 aliphatic heterocycles. The zero-order chi connectivity index (χ0) is 24.2. The SMILES string of the molecule is CCCCCC(O)C=CC=O.N[C@@H](CCC(=O)N[C@@H](CS)C(=O)NCC(=O)O)C(=O)O. The van der Waals surface area contributed by atoms with Gasteiger partial charge in [0.15, 0.2) is 0 Å². The average Bonchev–Trinajstić information content (AvgIpc) is 2.73. The maximum Gasteiger partial charge on any atom is 0.322 e.